The highest BCUT2D eigenvalue weighted by Crippen LogP contribution is 2.30. The second kappa shape index (κ2) is 12.0. The standard InChI is InChI=1S/C22H26F3N3O3S/c1-14-7-5-10-17(19(28-30-3)20(29)26-2)18(14)12-31-13-27-21(32-4)15-8-6-9-16(11-15)22(23,24)25/h5-11,19,28H,12-13H2,1-4H3,(H,26,29)/b27-21-. The molecule has 0 aliphatic carbocycles. The number of alkyl halides is 3. The van der Waals surface area contributed by atoms with E-state index in [4.69, 9.17) is 9.57 Å². The third-order valence-corrected chi connectivity index (χ3v) is 5.43. The lowest BCUT2D eigenvalue weighted by molar-refractivity contribution is -0.137. The van der Waals surface area contributed by atoms with Gasteiger partial charge in [-0.2, -0.15) is 18.7 Å². The maximum absolute atomic E-state index is 13.0. The highest BCUT2D eigenvalue weighted by atomic mass is 32.2. The molecule has 1 atom stereocenters. The van der Waals surface area contributed by atoms with Crippen molar-refractivity contribution < 1.29 is 27.5 Å². The van der Waals surface area contributed by atoms with Gasteiger partial charge in [0.25, 0.3) is 0 Å². The van der Waals surface area contributed by atoms with E-state index in [-0.39, 0.29) is 19.2 Å². The maximum atomic E-state index is 13.0. The van der Waals surface area contributed by atoms with Crippen LogP contribution in [0.2, 0.25) is 0 Å². The smallest absolute Gasteiger partial charge is 0.357 e. The normalized spacial score (nSPS) is 13.2. The van der Waals surface area contributed by atoms with Crippen molar-refractivity contribution in [2.45, 2.75) is 25.7 Å². The molecular formula is C22H26F3N3O3S. The zero-order valence-corrected chi connectivity index (χ0v) is 19.1. The third kappa shape index (κ3) is 6.80. The van der Waals surface area contributed by atoms with Gasteiger partial charge in [-0.15, -0.1) is 11.8 Å². The molecule has 0 spiro atoms. The molecule has 2 N–H and O–H groups in total. The van der Waals surface area contributed by atoms with E-state index in [0.29, 0.717) is 16.2 Å². The summed E-state index contributed by atoms with van der Waals surface area (Å²) in [5.41, 5.74) is 4.73. The van der Waals surface area contributed by atoms with Crippen molar-refractivity contribution in [1.29, 1.82) is 0 Å². The Labute approximate surface area is 189 Å². The molecule has 1 amide bonds. The largest absolute Gasteiger partial charge is 0.416 e. The number of aliphatic imine (C=N–C) groups is 1. The number of amides is 1. The van der Waals surface area contributed by atoms with Crippen molar-refractivity contribution in [1.82, 2.24) is 10.8 Å². The minimum absolute atomic E-state index is 0.0530. The van der Waals surface area contributed by atoms with Crippen molar-refractivity contribution in [2.24, 2.45) is 4.99 Å². The number of thioether (sulfide) groups is 1. The van der Waals surface area contributed by atoms with Crippen LogP contribution in [0.5, 0.6) is 0 Å². The number of ether oxygens (including phenoxy) is 1. The Kier molecular flexibility index (Phi) is 9.70. The minimum atomic E-state index is -4.42. The Morgan fingerprint density at radius 3 is 2.56 bits per heavy atom. The molecule has 0 aliphatic rings. The van der Waals surface area contributed by atoms with Crippen LogP contribution >= 0.6 is 11.8 Å². The van der Waals surface area contributed by atoms with E-state index in [0.717, 1.165) is 23.3 Å². The lowest BCUT2D eigenvalue weighted by atomic mass is 9.96. The monoisotopic (exact) mass is 469 g/mol. The van der Waals surface area contributed by atoms with E-state index >= 15 is 0 Å². The summed E-state index contributed by atoms with van der Waals surface area (Å²) in [4.78, 5) is 21.6. The average molecular weight is 470 g/mol. The van der Waals surface area contributed by atoms with Crippen molar-refractivity contribution in [3.8, 4) is 0 Å². The molecular weight excluding hydrogens is 443 g/mol. The van der Waals surface area contributed by atoms with E-state index in [2.05, 4.69) is 15.8 Å². The molecule has 2 aromatic rings. The van der Waals surface area contributed by atoms with E-state index in [1.165, 1.54) is 32.0 Å². The fourth-order valence-corrected chi connectivity index (χ4v) is 3.61. The topological polar surface area (TPSA) is 72.0 Å². The molecule has 174 valence electrons. The molecule has 0 aromatic heterocycles. The highest BCUT2D eigenvalue weighted by Gasteiger charge is 2.30. The van der Waals surface area contributed by atoms with E-state index in [1.807, 2.05) is 19.1 Å². The minimum Gasteiger partial charge on any atom is -0.357 e. The molecule has 6 nitrogen and oxygen atoms in total. The summed E-state index contributed by atoms with van der Waals surface area (Å²) in [6.07, 6.45) is -2.68. The number of rotatable bonds is 9. The maximum Gasteiger partial charge on any atom is 0.416 e. The first-order chi connectivity index (χ1) is 15.2. The summed E-state index contributed by atoms with van der Waals surface area (Å²) in [6, 6.07) is 9.82. The summed E-state index contributed by atoms with van der Waals surface area (Å²) < 4.78 is 44.7. The predicted molar refractivity (Wildman–Crippen MR) is 119 cm³/mol. The van der Waals surface area contributed by atoms with Gasteiger partial charge in [0.05, 0.1) is 19.3 Å². The number of nitrogens with zero attached hydrogens (tertiary/aromatic N) is 1. The van der Waals surface area contributed by atoms with Gasteiger partial charge in [0.2, 0.25) is 5.91 Å². The summed E-state index contributed by atoms with van der Waals surface area (Å²) in [7, 11) is 2.96. The molecule has 0 radical (unpaired) electrons. The molecule has 0 aliphatic heterocycles. The lowest BCUT2D eigenvalue weighted by Gasteiger charge is -2.20. The summed E-state index contributed by atoms with van der Waals surface area (Å²) >= 11 is 1.24. The number of hydrogen-bond acceptors (Lipinski definition) is 6. The molecule has 2 rings (SSSR count). The first-order valence-corrected chi connectivity index (χ1v) is 10.9. The number of aryl methyl sites for hydroxylation is 1. The summed E-state index contributed by atoms with van der Waals surface area (Å²) in [6.45, 7) is 2.01. The average Bonchev–Trinajstić information content (AvgIpc) is 2.77. The molecule has 0 bridgehead atoms. The molecule has 0 saturated carbocycles. The van der Waals surface area contributed by atoms with Crippen molar-refractivity contribution in [3.63, 3.8) is 0 Å². The number of nitrogens with one attached hydrogen (secondary N) is 2. The molecule has 1 unspecified atom stereocenters. The number of hydroxylamine groups is 1. The van der Waals surface area contributed by atoms with Gasteiger partial charge in [-0.1, -0.05) is 30.3 Å². The summed E-state index contributed by atoms with van der Waals surface area (Å²) in [5, 5.41) is 3.03. The van der Waals surface area contributed by atoms with Crippen molar-refractivity contribution in [2.75, 3.05) is 27.1 Å². The van der Waals surface area contributed by atoms with Gasteiger partial charge in [-0.05, 0) is 42.0 Å². The second-order valence-corrected chi connectivity index (χ2v) is 7.53. The SMILES string of the molecule is CNC(=O)C(NOC)c1cccc(C)c1COC/N=C(\SC)c1cccc(C(F)(F)F)c1. The van der Waals surface area contributed by atoms with E-state index in [1.54, 1.807) is 18.4 Å². The van der Waals surface area contributed by atoms with Gasteiger partial charge < -0.3 is 14.9 Å². The Hall–Kier alpha value is -2.40. The molecule has 2 aromatic carbocycles. The number of carbonyl (C=O) groups is 1. The van der Waals surface area contributed by atoms with Crippen LogP contribution in [0, 0.1) is 6.92 Å². The van der Waals surface area contributed by atoms with Crippen LogP contribution in [0.15, 0.2) is 47.5 Å². The number of likely N-dealkylation sites (N-methyl/N-ethyl adjacent to an activating group) is 1. The fraction of sp³-hybridized carbons (Fsp3) is 0.364. The zero-order valence-electron chi connectivity index (χ0n) is 18.2. The van der Waals surface area contributed by atoms with Gasteiger partial charge in [-0.3, -0.25) is 4.79 Å². The highest BCUT2D eigenvalue weighted by molar-refractivity contribution is 8.13. The van der Waals surface area contributed by atoms with Crippen LogP contribution in [-0.2, 0) is 27.2 Å². The quantitative estimate of drug-likeness (QED) is 0.249. The van der Waals surface area contributed by atoms with Crippen LogP contribution in [0.25, 0.3) is 0 Å². The lowest BCUT2D eigenvalue weighted by Crippen LogP contribution is -2.36. The Balaban J connectivity index is 2.18. The van der Waals surface area contributed by atoms with Gasteiger partial charge in [0.1, 0.15) is 17.8 Å². The first-order valence-electron chi connectivity index (χ1n) is 9.65. The fourth-order valence-electron chi connectivity index (χ4n) is 3.07. The number of halogens is 3. The van der Waals surface area contributed by atoms with Crippen molar-refractivity contribution in [3.05, 3.63) is 70.3 Å². The number of benzene rings is 2. The van der Waals surface area contributed by atoms with Crippen LogP contribution in [0.3, 0.4) is 0 Å². The van der Waals surface area contributed by atoms with Crippen LogP contribution in [0.1, 0.15) is 33.9 Å². The molecule has 10 heteroatoms. The van der Waals surface area contributed by atoms with E-state index < -0.39 is 17.8 Å². The van der Waals surface area contributed by atoms with Gasteiger partial charge >= 0.3 is 6.18 Å². The van der Waals surface area contributed by atoms with Gasteiger partial charge in [-0.25, -0.2) is 4.99 Å². The van der Waals surface area contributed by atoms with Crippen molar-refractivity contribution >= 4 is 22.7 Å². The molecule has 0 fully saturated rings. The van der Waals surface area contributed by atoms with Gasteiger partial charge in [0.15, 0.2) is 0 Å². The van der Waals surface area contributed by atoms with Gasteiger partial charge in [0, 0.05) is 12.6 Å². The zero-order chi connectivity index (χ0) is 23.7. The number of hydrogen-bond donors (Lipinski definition) is 2. The Morgan fingerprint density at radius 2 is 1.94 bits per heavy atom. The van der Waals surface area contributed by atoms with Crippen LogP contribution in [0.4, 0.5) is 13.2 Å². The first kappa shape index (κ1) is 25.9. The number of carbonyl (C=O) groups excluding carboxylic acids is 1. The summed E-state index contributed by atoms with van der Waals surface area (Å²) in [5.74, 6) is -0.272. The predicted octanol–water partition coefficient (Wildman–Crippen LogP) is 4.24. The van der Waals surface area contributed by atoms with Crippen LogP contribution in [-0.4, -0.2) is 38.1 Å². The molecule has 0 saturated heterocycles. The van der Waals surface area contributed by atoms with Crippen LogP contribution < -0.4 is 10.8 Å². The Morgan fingerprint density at radius 1 is 1.22 bits per heavy atom. The second-order valence-electron chi connectivity index (χ2n) is 6.74. The molecule has 0 heterocycles. The molecule has 32 heavy (non-hydrogen) atoms. The Bertz CT molecular complexity index is 952. The third-order valence-electron chi connectivity index (χ3n) is 4.68. The van der Waals surface area contributed by atoms with E-state index in [9.17, 15) is 18.0 Å².